The van der Waals surface area contributed by atoms with E-state index >= 15 is 0 Å². The zero-order valence-corrected chi connectivity index (χ0v) is 19.7. The Hall–Kier alpha value is -3.63. The summed E-state index contributed by atoms with van der Waals surface area (Å²) in [5, 5.41) is 12.1. The maximum Gasteiger partial charge on any atom is 0.229 e. The highest BCUT2D eigenvalue weighted by atomic mass is 16.5. The molecular weight excluding hydrogens is 450 g/mol. The number of carbonyl (C=O) groups excluding carboxylic acids is 3. The summed E-state index contributed by atoms with van der Waals surface area (Å²) in [7, 11) is 3.03. The van der Waals surface area contributed by atoms with Crippen LogP contribution in [0.2, 0.25) is 0 Å². The molecule has 5 rings (SSSR count). The summed E-state index contributed by atoms with van der Waals surface area (Å²) >= 11 is 0. The molecule has 0 spiro atoms. The molecule has 3 aliphatic heterocycles. The first kappa shape index (κ1) is 23.1. The number of ether oxygens (including phenoxy) is 2. The highest BCUT2D eigenvalue weighted by Crippen LogP contribution is 2.33. The van der Waals surface area contributed by atoms with Crippen molar-refractivity contribution < 1.29 is 23.9 Å². The molecule has 2 aromatic carbocycles. The van der Waals surface area contributed by atoms with Gasteiger partial charge < -0.3 is 25.4 Å². The minimum Gasteiger partial charge on any atom is -0.497 e. The Morgan fingerprint density at radius 2 is 1.86 bits per heavy atom. The highest BCUT2D eigenvalue weighted by molar-refractivity contribution is 6.01. The van der Waals surface area contributed by atoms with Crippen LogP contribution in [0.4, 0.5) is 5.69 Å². The number of fused-ring (bicyclic) bond motifs is 2. The Kier molecular flexibility index (Phi) is 6.31. The molecule has 4 atom stereocenters. The number of amides is 3. The lowest BCUT2D eigenvalue weighted by Crippen LogP contribution is -2.74. The summed E-state index contributed by atoms with van der Waals surface area (Å²) in [6.07, 6.45) is -0.302. The predicted molar refractivity (Wildman–Crippen MR) is 127 cm³/mol. The molecule has 2 fully saturated rings. The standard InChI is InChI=1S/C25H29N5O5/c1-34-16-7-8-18(19(11-16)35-2)26-23(32)17-12-20(31)27-22-21(17)24(33)29-25(28-22)30-10-9-14-5-3-4-6-15(14)13-30/h3-8,11,17,21-22,25,28H,9-10,12-13H2,1-2H3,(H,26,32)(H,27,31)(H,29,33). The van der Waals surface area contributed by atoms with Crippen LogP contribution in [0.15, 0.2) is 42.5 Å². The lowest BCUT2D eigenvalue weighted by molar-refractivity contribution is -0.147. The van der Waals surface area contributed by atoms with E-state index in [4.69, 9.17) is 9.47 Å². The van der Waals surface area contributed by atoms with Crippen molar-refractivity contribution in [2.75, 3.05) is 26.1 Å². The fourth-order valence-electron chi connectivity index (χ4n) is 5.12. The second-order valence-electron chi connectivity index (χ2n) is 9.00. The SMILES string of the molecule is COc1ccc(NC(=O)C2CC(=O)NC3NC(N4CCc5ccccc5C4)NC(=O)C32)c(OC)c1. The van der Waals surface area contributed by atoms with E-state index in [1.54, 1.807) is 25.3 Å². The van der Waals surface area contributed by atoms with E-state index in [9.17, 15) is 14.4 Å². The summed E-state index contributed by atoms with van der Waals surface area (Å²) < 4.78 is 10.6. The minimum absolute atomic E-state index is 0.0810. The Labute approximate surface area is 203 Å². The molecule has 2 saturated heterocycles. The van der Waals surface area contributed by atoms with Gasteiger partial charge in [-0.2, -0.15) is 0 Å². The van der Waals surface area contributed by atoms with E-state index in [1.165, 1.54) is 18.2 Å². The van der Waals surface area contributed by atoms with Gasteiger partial charge in [0.1, 0.15) is 17.8 Å². The van der Waals surface area contributed by atoms with E-state index in [0.29, 0.717) is 23.7 Å². The molecule has 4 unspecified atom stereocenters. The molecule has 3 heterocycles. The monoisotopic (exact) mass is 479 g/mol. The molecule has 0 radical (unpaired) electrons. The van der Waals surface area contributed by atoms with Gasteiger partial charge in [-0.1, -0.05) is 24.3 Å². The number of hydrogen-bond acceptors (Lipinski definition) is 7. The summed E-state index contributed by atoms with van der Waals surface area (Å²) in [6, 6.07) is 13.3. The van der Waals surface area contributed by atoms with Crippen LogP contribution in [0.3, 0.4) is 0 Å². The fourth-order valence-corrected chi connectivity index (χ4v) is 5.12. The molecule has 184 valence electrons. The molecule has 0 aromatic heterocycles. The highest BCUT2D eigenvalue weighted by Gasteiger charge is 2.49. The van der Waals surface area contributed by atoms with Crippen molar-refractivity contribution in [3.63, 3.8) is 0 Å². The van der Waals surface area contributed by atoms with Crippen molar-refractivity contribution >= 4 is 23.4 Å². The second kappa shape index (κ2) is 9.55. The number of methoxy groups -OCH3 is 2. The normalized spacial score (nSPS) is 26.0. The molecule has 2 aromatic rings. The Balaban J connectivity index is 1.31. The third-order valence-corrected chi connectivity index (χ3v) is 6.96. The van der Waals surface area contributed by atoms with Crippen LogP contribution in [-0.4, -0.2) is 55.8 Å². The minimum atomic E-state index is -0.837. The topological polar surface area (TPSA) is 121 Å². The lowest BCUT2D eigenvalue weighted by atomic mass is 9.81. The Bertz CT molecular complexity index is 1150. The van der Waals surface area contributed by atoms with E-state index in [-0.39, 0.29) is 18.2 Å². The summed E-state index contributed by atoms with van der Waals surface area (Å²) in [5.74, 6) is -1.54. The van der Waals surface area contributed by atoms with Crippen LogP contribution in [-0.2, 0) is 27.3 Å². The molecule has 0 saturated carbocycles. The van der Waals surface area contributed by atoms with E-state index < -0.39 is 30.2 Å². The van der Waals surface area contributed by atoms with E-state index in [1.807, 2.05) is 12.1 Å². The maximum atomic E-state index is 13.3. The van der Waals surface area contributed by atoms with Crippen molar-refractivity contribution in [3.8, 4) is 11.5 Å². The zero-order chi connectivity index (χ0) is 24.5. The van der Waals surface area contributed by atoms with Crippen LogP contribution in [0, 0.1) is 11.8 Å². The van der Waals surface area contributed by atoms with Gasteiger partial charge in [0.15, 0.2) is 0 Å². The fraction of sp³-hybridized carbons (Fsp3) is 0.400. The third-order valence-electron chi connectivity index (χ3n) is 6.96. The van der Waals surface area contributed by atoms with Crippen LogP contribution in [0.5, 0.6) is 11.5 Å². The van der Waals surface area contributed by atoms with Gasteiger partial charge in [-0.15, -0.1) is 0 Å². The number of carbonyl (C=O) groups is 3. The molecule has 0 aliphatic carbocycles. The molecule has 35 heavy (non-hydrogen) atoms. The number of benzene rings is 2. The van der Waals surface area contributed by atoms with Gasteiger partial charge in [0.05, 0.1) is 37.9 Å². The number of nitrogens with one attached hydrogen (secondary N) is 4. The second-order valence-corrected chi connectivity index (χ2v) is 9.00. The zero-order valence-electron chi connectivity index (χ0n) is 19.7. The number of nitrogens with zero attached hydrogens (tertiary/aromatic N) is 1. The first-order valence-electron chi connectivity index (χ1n) is 11.7. The van der Waals surface area contributed by atoms with Gasteiger partial charge in [0, 0.05) is 25.6 Å². The van der Waals surface area contributed by atoms with Gasteiger partial charge in [-0.25, -0.2) is 0 Å². The van der Waals surface area contributed by atoms with Gasteiger partial charge in [0.25, 0.3) is 0 Å². The van der Waals surface area contributed by atoms with Crippen LogP contribution >= 0.6 is 0 Å². The number of rotatable bonds is 5. The lowest BCUT2D eigenvalue weighted by Gasteiger charge is -2.47. The average Bonchev–Trinajstić information content (AvgIpc) is 2.87. The Morgan fingerprint density at radius 3 is 2.63 bits per heavy atom. The molecule has 3 amide bonds. The van der Waals surface area contributed by atoms with Crippen molar-refractivity contribution in [1.29, 1.82) is 0 Å². The predicted octanol–water partition coefficient (Wildman–Crippen LogP) is 0.782. The molecule has 10 nitrogen and oxygen atoms in total. The quantitative estimate of drug-likeness (QED) is 0.500. The number of hydrogen-bond donors (Lipinski definition) is 4. The van der Waals surface area contributed by atoms with Crippen LogP contribution in [0.25, 0.3) is 0 Å². The third kappa shape index (κ3) is 4.54. The van der Waals surface area contributed by atoms with E-state index in [2.05, 4.69) is 38.3 Å². The van der Waals surface area contributed by atoms with Gasteiger partial charge >= 0.3 is 0 Å². The van der Waals surface area contributed by atoms with Crippen molar-refractivity contribution in [1.82, 2.24) is 20.9 Å². The summed E-state index contributed by atoms with van der Waals surface area (Å²) in [6.45, 7) is 1.45. The van der Waals surface area contributed by atoms with Crippen molar-refractivity contribution in [2.24, 2.45) is 11.8 Å². The summed E-state index contributed by atoms with van der Waals surface area (Å²) in [5.41, 5.74) is 2.96. The average molecular weight is 480 g/mol. The van der Waals surface area contributed by atoms with Gasteiger partial charge in [-0.3, -0.25) is 24.6 Å². The molecular formula is C25H29N5O5. The van der Waals surface area contributed by atoms with E-state index in [0.717, 1.165) is 13.0 Å². The van der Waals surface area contributed by atoms with Gasteiger partial charge in [0.2, 0.25) is 17.7 Å². The number of anilines is 1. The van der Waals surface area contributed by atoms with Crippen molar-refractivity contribution in [2.45, 2.75) is 31.8 Å². The largest absolute Gasteiger partial charge is 0.497 e. The smallest absolute Gasteiger partial charge is 0.229 e. The maximum absolute atomic E-state index is 13.3. The van der Waals surface area contributed by atoms with Crippen LogP contribution in [0.1, 0.15) is 17.5 Å². The summed E-state index contributed by atoms with van der Waals surface area (Å²) in [4.78, 5) is 41.2. The number of piperidine rings is 1. The molecule has 3 aliphatic rings. The van der Waals surface area contributed by atoms with Crippen molar-refractivity contribution in [3.05, 3.63) is 53.6 Å². The van der Waals surface area contributed by atoms with Crippen LogP contribution < -0.4 is 30.7 Å². The molecule has 4 N–H and O–H groups in total. The first-order valence-corrected chi connectivity index (χ1v) is 11.7. The van der Waals surface area contributed by atoms with Gasteiger partial charge in [-0.05, 0) is 29.7 Å². The molecule has 10 heteroatoms. The Morgan fingerprint density at radius 1 is 1.06 bits per heavy atom. The first-order chi connectivity index (χ1) is 17.0. The molecule has 0 bridgehead atoms.